The highest BCUT2D eigenvalue weighted by Crippen LogP contribution is 2.27. The van der Waals surface area contributed by atoms with Crippen molar-refractivity contribution in [3.8, 4) is 5.75 Å². The fourth-order valence-corrected chi connectivity index (χ4v) is 1.78. The number of nitrogens with one attached hydrogen (secondary N) is 1. The predicted molar refractivity (Wildman–Crippen MR) is 69.1 cm³/mol. The molecule has 0 amide bonds. The van der Waals surface area contributed by atoms with Gasteiger partial charge in [-0.1, -0.05) is 0 Å². The molecule has 0 radical (unpaired) electrons. The number of benzene rings is 1. The Kier molecular flexibility index (Phi) is 4.66. The van der Waals surface area contributed by atoms with Gasteiger partial charge in [0.05, 0.1) is 18.0 Å². The third kappa shape index (κ3) is 5.22. The number of nitro groups is 1. The van der Waals surface area contributed by atoms with Crippen molar-refractivity contribution in [2.24, 2.45) is 0 Å². The maximum atomic E-state index is 12.1. The summed E-state index contributed by atoms with van der Waals surface area (Å²) in [5, 5.41) is 13.9. The molecule has 0 atom stereocenters. The number of alkyl halides is 3. The molecule has 0 spiro atoms. The van der Waals surface area contributed by atoms with Gasteiger partial charge in [0, 0.05) is 30.3 Å². The average molecular weight is 304 g/mol. The van der Waals surface area contributed by atoms with Crippen LogP contribution in [-0.2, 0) is 6.54 Å². The lowest BCUT2D eigenvalue weighted by Crippen LogP contribution is -2.17. The van der Waals surface area contributed by atoms with Crippen LogP contribution >= 0.6 is 0 Å². The number of ether oxygens (including phenoxy) is 1. The van der Waals surface area contributed by atoms with E-state index in [9.17, 15) is 23.3 Å². The van der Waals surface area contributed by atoms with Crippen molar-refractivity contribution < 1.29 is 22.8 Å². The molecule has 1 saturated carbocycles. The van der Waals surface area contributed by atoms with Crippen molar-refractivity contribution >= 4 is 5.69 Å². The Balaban J connectivity index is 2.03. The molecule has 0 aromatic heterocycles. The number of halogens is 3. The van der Waals surface area contributed by atoms with E-state index in [0.29, 0.717) is 18.2 Å². The van der Waals surface area contributed by atoms with Gasteiger partial charge in [-0.05, 0) is 18.9 Å². The molecule has 1 aliphatic rings. The predicted octanol–water partition coefficient (Wildman–Crippen LogP) is 3.18. The largest absolute Gasteiger partial charge is 0.493 e. The fourth-order valence-electron chi connectivity index (χ4n) is 1.78. The fraction of sp³-hybridized carbons (Fsp3) is 0.538. The van der Waals surface area contributed by atoms with Gasteiger partial charge in [-0.25, -0.2) is 0 Å². The van der Waals surface area contributed by atoms with Gasteiger partial charge in [-0.3, -0.25) is 10.1 Å². The van der Waals surface area contributed by atoms with Gasteiger partial charge in [0.25, 0.3) is 5.69 Å². The Bertz CT molecular complexity index is 516. The molecule has 0 heterocycles. The van der Waals surface area contributed by atoms with Crippen LogP contribution in [0.5, 0.6) is 5.75 Å². The summed E-state index contributed by atoms with van der Waals surface area (Å²) < 4.78 is 41.4. The van der Waals surface area contributed by atoms with Crippen molar-refractivity contribution in [2.75, 3.05) is 6.61 Å². The minimum absolute atomic E-state index is 0.106. The number of non-ortho nitro benzene ring substituents is 1. The van der Waals surface area contributed by atoms with E-state index in [-0.39, 0.29) is 11.4 Å². The van der Waals surface area contributed by atoms with Crippen LogP contribution in [0.3, 0.4) is 0 Å². The van der Waals surface area contributed by atoms with Crippen molar-refractivity contribution in [3.63, 3.8) is 0 Å². The highest BCUT2D eigenvalue weighted by Gasteiger charge is 2.27. The van der Waals surface area contributed by atoms with E-state index < -0.39 is 24.1 Å². The second kappa shape index (κ2) is 6.30. The molecule has 2 rings (SSSR count). The lowest BCUT2D eigenvalue weighted by atomic mass is 10.1. The van der Waals surface area contributed by atoms with E-state index in [4.69, 9.17) is 4.74 Å². The highest BCUT2D eigenvalue weighted by molar-refractivity contribution is 5.43. The Morgan fingerprint density at radius 3 is 2.67 bits per heavy atom. The van der Waals surface area contributed by atoms with Gasteiger partial charge < -0.3 is 10.1 Å². The molecular weight excluding hydrogens is 289 g/mol. The van der Waals surface area contributed by atoms with Crippen molar-refractivity contribution in [3.05, 3.63) is 33.9 Å². The minimum atomic E-state index is -4.28. The second-order valence-electron chi connectivity index (χ2n) is 4.92. The Morgan fingerprint density at radius 1 is 1.38 bits per heavy atom. The summed E-state index contributed by atoms with van der Waals surface area (Å²) in [6.07, 6.45) is -3.26. The third-order valence-electron chi connectivity index (χ3n) is 3.06. The van der Waals surface area contributed by atoms with E-state index >= 15 is 0 Å². The first-order chi connectivity index (χ1) is 9.85. The Hall–Kier alpha value is -1.83. The first kappa shape index (κ1) is 15.6. The lowest BCUT2D eigenvalue weighted by molar-refractivity contribution is -0.384. The number of rotatable bonds is 7. The topological polar surface area (TPSA) is 64.4 Å². The summed E-state index contributed by atoms with van der Waals surface area (Å²) in [4.78, 5) is 10.2. The van der Waals surface area contributed by atoms with E-state index in [1.807, 2.05) is 0 Å². The van der Waals surface area contributed by atoms with Crippen molar-refractivity contribution in [1.29, 1.82) is 0 Å². The maximum absolute atomic E-state index is 12.1. The van der Waals surface area contributed by atoms with Crippen LogP contribution in [0, 0.1) is 10.1 Å². The zero-order valence-electron chi connectivity index (χ0n) is 11.2. The van der Waals surface area contributed by atoms with Gasteiger partial charge in [0.2, 0.25) is 0 Å². The minimum Gasteiger partial charge on any atom is -0.493 e. The van der Waals surface area contributed by atoms with Crippen LogP contribution in [0.25, 0.3) is 0 Å². The molecule has 1 aliphatic carbocycles. The second-order valence-corrected chi connectivity index (χ2v) is 4.92. The maximum Gasteiger partial charge on any atom is 0.392 e. The van der Waals surface area contributed by atoms with Gasteiger partial charge in [0.1, 0.15) is 5.75 Å². The summed E-state index contributed by atoms with van der Waals surface area (Å²) in [5.41, 5.74) is 0.393. The van der Waals surface area contributed by atoms with E-state index in [2.05, 4.69) is 5.32 Å². The zero-order chi connectivity index (χ0) is 15.5. The number of hydrogen-bond donors (Lipinski definition) is 1. The molecule has 1 fully saturated rings. The van der Waals surface area contributed by atoms with E-state index in [1.165, 1.54) is 18.2 Å². The number of nitro benzene ring substituents is 1. The molecule has 116 valence electrons. The molecule has 21 heavy (non-hydrogen) atoms. The van der Waals surface area contributed by atoms with Crippen LogP contribution in [0.4, 0.5) is 18.9 Å². The molecule has 8 heteroatoms. The molecule has 0 aliphatic heterocycles. The van der Waals surface area contributed by atoms with Crippen LogP contribution in [0.15, 0.2) is 18.2 Å². The van der Waals surface area contributed by atoms with E-state index in [1.54, 1.807) is 0 Å². The normalized spacial score (nSPS) is 15.0. The summed E-state index contributed by atoms with van der Waals surface area (Å²) in [7, 11) is 0. The van der Waals surface area contributed by atoms with E-state index in [0.717, 1.165) is 12.8 Å². The monoisotopic (exact) mass is 304 g/mol. The molecule has 1 aromatic rings. The molecule has 0 unspecified atom stereocenters. The van der Waals surface area contributed by atoms with Crippen LogP contribution in [-0.4, -0.2) is 23.7 Å². The average Bonchev–Trinajstić information content (AvgIpc) is 3.19. The van der Waals surface area contributed by atoms with Gasteiger partial charge >= 0.3 is 6.18 Å². The van der Waals surface area contributed by atoms with Crippen molar-refractivity contribution in [2.45, 2.75) is 38.0 Å². The Labute approximate surface area is 119 Å². The van der Waals surface area contributed by atoms with Crippen LogP contribution in [0.2, 0.25) is 0 Å². The van der Waals surface area contributed by atoms with Crippen molar-refractivity contribution in [1.82, 2.24) is 5.32 Å². The van der Waals surface area contributed by atoms with Gasteiger partial charge in [-0.15, -0.1) is 0 Å². The Morgan fingerprint density at radius 2 is 2.10 bits per heavy atom. The quantitative estimate of drug-likeness (QED) is 0.620. The third-order valence-corrected chi connectivity index (χ3v) is 3.06. The summed E-state index contributed by atoms with van der Waals surface area (Å²) in [5.74, 6) is 0.248. The highest BCUT2D eigenvalue weighted by atomic mass is 19.4. The molecule has 1 N–H and O–H groups in total. The number of nitrogens with zero attached hydrogens (tertiary/aromatic N) is 1. The summed E-state index contributed by atoms with van der Waals surface area (Å²) >= 11 is 0. The van der Waals surface area contributed by atoms with Crippen LogP contribution < -0.4 is 10.1 Å². The first-order valence-electron chi connectivity index (χ1n) is 6.55. The summed E-state index contributed by atoms with van der Waals surface area (Å²) in [6, 6.07) is 4.28. The molecule has 0 bridgehead atoms. The smallest absolute Gasteiger partial charge is 0.392 e. The summed E-state index contributed by atoms with van der Waals surface area (Å²) in [6.45, 7) is -0.161. The molecule has 5 nitrogen and oxygen atoms in total. The zero-order valence-corrected chi connectivity index (χ0v) is 11.2. The molecular formula is C13H15F3N2O3. The first-order valence-corrected chi connectivity index (χ1v) is 6.55. The standard InChI is InChI=1S/C13H15F3N2O3/c14-13(15,16)5-6-21-12-4-3-11(18(19)20)7-9(12)8-17-10-1-2-10/h3-4,7,10,17H,1-2,5-6,8H2. The molecule has 1 aromatic carbocycles. The number of hydrogen-bond acceptors (Lipinski definition) is 4. The van der Waals surface area contributed by atoms with Crippen LogP contribution in [0.1, 0.15) is 24.8 Å². The lowest BCUT2D eigenvalue weighted by Gasteiger charge is -2.13. The SMILES string of the molecule is O=[N+]([O-])c1ccc(OCCC(F)(F)F)c(CNC2CC2)c1. The van der Waals surface area contributed by atoms with Gasteiger partial charge in [0.15, 0.2) is 0 Å². The van der Waals surface area contributed by atoms with Gasteiger partial charge in [-0.2, -0.15) is 13.2 Å². The molecule has 0 saturated heterocycles.